The number of nitrogens with one attached hydrogen (secondary N) is 1. The first kappa shape index (κ1) is 12.9. The molecule has 0 amide bonds. The van der Waals surface area contributed by atoms with E-state index in [0.29, 0.717) is 0 Å². The van der Waals surface area contributed by atoms with Crippen LogP contribution < -0.4 is 5.32 Å². The summed E-state index contributed by atoms with van der Waals surface area (Å²) in [5, 5.41) is 5.30. The Balaban J connectivity index is 1.63. The monoisotopic (exact) mass is 276 g/mol. The van der Waals surface area contributed by atoms with Crippen LogP contribution in [-0.2, 0) is 19.6 Å². The molecular formula is C15H20N2OS. The van der Waals surface area contributed by atoms with Crippen LogP contribution in [0.1, 0.15) is 29.0 Å². The molecule has 2 aromatic heterocycles. The van der Waals surface area contributed by atoms with Gasteiger partial charge in [-0.2, -0.15) is 0 Å². The zero-order valence-electron chi connectivity index (χ0n) is 11.3. The fourth-order valence-electron chi connectivity index (χ4n) is 2.36. The van der Waals surface area contributed by atoms with E-state index in [-0.39, 0.29) is 0 Å². The SMILES string of the molecule is CNCc1coc(CN(Cc2cccs2)C2CC2)c1. The van der Waals surface area contributed by atoms with Gasteiger partial charge in [0.2, 0.25) is 0 Å². The summed E-state index contributed by atoms with van der Waals surface area (Å²) in [7, 11) is 1.96. The summed E-state index contributed by atoms with van der Waals surface area (Å²) in [5.41, 5.74) is 1.23. The first-order valence-electron chi connectivity index (χ1n) is 6.82. The van der Waals surface area contributed by atoms with Crippen molar-refractivity contribution < 1.29 is 4.42 Å². The number of hydrogen-bond acceptors (Lipinski definition) is 4. The molecule has 0 bridgehead atoms. The third-order valence-electron chi connectivity index (χ3n) is 3.45. The average Bonchev–Trinajstić information content (AvgIpc) is 2.95. The van der Waals surface area contributed by atoms with Gasteiger partial charge in [0.25, 0.3) is 0 Å². The second-order valence-corrected chi connectivity index (χ2v) is 6.20. The lowest BCUT2D eigenvalue weighted by atomic mass is 10.3. The van der Waals surface area contributed by atoms with Crippen molar-refractivity contribution in [3.63, 3.8) is 0 Å². The van der Waals surface area contributed by atoms with Crippen LogP contribution in [0, 0.1) is 0 Å². The van der Waals surface area contributed by atoms with E-state index in [0.717, 1.165) is 31.4 Å². The van der Waals surface area contributed by atoms with E-state index in [1.807, 2.05) is 24.6 Å². The molecule has 0 radical (unpaired) electrons. The van der Waals surface area contributed by atoms with Crippen molar-refractivity contribution in [1.82, 2.24) is 10.2 Å². The minimum absolute atomic E-state index is 0.750. The van der Waals surface area contributed by atoms with Crippen molar-refractivity contribution in [2.75, 3.05) is 7.05 Å². The summed E-state index contributed by atoms with van der Waals surface area (Å²) >= 11 is 1.84. The number of rotatable bonds is 7. The van der Waals surface area contributed by atoms with Gasteiger partial charge < -0.3 is 9.73 Å². The van der Waals surface area contributed by atoms with Crippen LogP contribution in [0.5, 0.6) is 0 Å². The van der Waals surface area contributed by atoms with Gasteiger partial charge in [-0.15, -0.1) is 11.3 Å². The van der Waals surface area contributed by atoms with E-state index < -0.39 is 0 Å². The smallest absolute Gasteiger partial charge is 0.118 e. The van der Waals surface area contributed by atoms with Gasteiger partial charge in [-0.3, -0.25) is 4.90 Å². The molecule has 1 fully saturated rings. The fraction of sp³-hybridized carbons (Fsp3) is 0.467. The topological polar surface area (TPSA) is 28.4 Å². The molecule has 0 aromatic carbocycles. The maximum absolute atomic E-state index is 5.67. The Morgan fingerprint density at radius 1 is 1.42 bits per heavy atom. The number of nitrogens with zero attached hydrogens (tertiary/aromatic N) is 1. The lowest BCUT2D eigenvalue weighted by Crippen LogP contribution is -2.24. The number of thiophene rings is 1. The molecule has 2 heterocycles. The molecule has 0 aliphatic heterocycles. The molecule has 4 heteroatoms. The lowest BCUT2D eigenvalue weighted by molar-refractivity contribution is 0.227. The second-order valence-electron chi connectivity index (χ2n) is 5.17. The van der Waals surface area contributed by atoms with Crippen LogP contribution in [0.3, 0.4) is 0 Å². The van der Waals surface area contributed by atoms with Gasteiger partial charge in [-0.05, 0) is 37.4 Å². The highest BCUT2D eigenvalue weighted by molar-refractivity contribution is 7.09. The van der Waals surface area contributed by atoms with E-state index in [1.54, 1.807) is 0 Å². The molecule has 102 valence electrons. The average molecular weight is 276 g/mol. The van der Waals surface area contributed by atoms with Crippen molar-refractivity contribution in [2.45, 2.75) is 38.5 Å². The quantitative estimate of drug-likeness (QED) is 0.841. The Kier molecular flexibility index (Phi) is 4.01. The molecule has 1 N–H and O–H groups in total. The van der Waals surface area contributed by atoms with E-state index in [9.17, 15) is 0 Å². The standard InChI is InChI=1S/C15H20N2OS/c1-16-8-12-7-14(18-11-12)9-17(13-4-5-13)10-15-3-2-6-19-15/h2-3,6-7,11,13,16H,4-5,8-10H2,1H3. The van der Waals surface area contributed by atoms with Gasteiger partial charge in [0.1, 0.15) is 5.76 Å². The van der Waals surface area contributed by atoms with E-state index >= 15 is 0 Å². The summed E-state index contributed by atoms with van der Waals surface area (Å²) in [6.07, 6.45) is 4.52. The minimum atomic E-state index is 0.750. The van der Waals surface area contributed by atoms with E-state index in [2.05, 4.69) is 33.8 Å². The van der Waals surface area contributed by atoms with Gasteiger partial charge >= 0.3 is 0 Å². The third kappa shape index (κ3) is 3.47. The molecular weight excluding hydrogens is 256 g/mol. The Morgan fingerprint density at radius 2 is 2.32 bits per heavy atom. The molecule has 0 atom stereocenters. The zero-order valence-corrected chi connectivity index (χ0v) is 12.1. The van der Waals surface area contributed by atoms with Crippen molar-refractivity contribution in [1.29, 1.82) is 0 Å². The van der Waals surface area contributed by atoms with Gasteiger partial charge in [0.05, 0.1) is 12.8 Å². The molecule has 3 nitrogen and oxygen atoms in total. The summed E-state index contributed by atoms with van der Waals surface area (Å²) in [6.45, 7) is 2.84. The largest absolute Gasteiger partial charge is 0.468 e. The Hall–Kier alpha value is -1.10. The van der Waals surface area contributed by atoms with Crippen molar-refractivity contribution in [3.8, 4) is 0 Å². The lowest BCUT2D eigenvalue weighted by Gasteiger charge is -2.19. The molecule has 1 saturated carbocycles. The molecule has 0 unspecified atom stereocenters. The summed E-state index contributed by atoms with van der Waals surface area (Å²) in [4.78, 5) is 3.97. The predicted molar refractivity (Wildman–Crippen MR) is 78.1 cm³/mol. The van der Waals surface area contributed by atoms with Crippen LogP contribution >= 0.6 is 11.3 Å². The highest BCUT2D eigenvalue weighted by Crippen LogP contribution is 2.30. The first-order chi connectivity index (χ1) is 9.35. The highest BCUT2D eigenvalue weighted by Gasteiger charge is 2.29. The van der Waals surface area contributed by atoms with Crippen LogP contribution in [0.25, 0.3) is 0 Å². The zero-order chi connectivity index (χ0) is 13.1. The summed E-state index contributed by atoms with van der Waals surface area (Å²) in [5.74, 6) is 1.08. The molecule has 2 aromatic rings. The normalized spacial score (nSPS) is 15.3. The molecule has 0 saturated heterocycles. The van der Waals surface area contributed by atoms with E-state index in [1.165, 1.54) is 23.3 Å². The van der Waals surface area contributed by atoms with Gasteiger partial charge in [-0.1, -0.05) is 6.07 Å². The van der Waals surface area contributed by atoms with Crippen molar-refractivity contribution >= 4 is 11.3 Å². The summed E-state index contributed by atoms with van der Waals surface area (Å²) < 4.78 is 5.67. The van der Waals surface area contributed by atoms with Gasteiger partial charge in [0, 0.05) is 29.6 Å². The van der Waals surface area contributed by atoms with Crippen LogP contribution in [0.2, 0.25) is 0 Å². The van der Waals surface area contributed by atoms with Crippen LogP contribution in [-0.4, -0.2) is 18.0 Å². The van der Waals surface area contributed by atoms with Crippen LogP contribution in [0.4, 0.5) is 0 Å². The highest BCUT2D eigenvalue weighted by atomic mass is 32.1. The van der Waals surface area contributed by atoms with Crippen molar-refractivity contribution in [2.24, 2.45) is 0 Å². The maximum Gasteiger partial charge on any atom is 0.118 e. The third-order valence-corrected chi connectivity index (χ3v) is 4.31. The predicted octanol–water partition coefficient (Wildman–Crippen LogP) is 3.23. The maximum atomic E-state index is 5.67. The molecule has 0 spiro atoms. The Labute approximate surface area is 118 Å². The molecule has 19 heavy (non-hydrogen) atoms. The van der Waals surface area contributed by atoms with Gasteiger partial charge in [-0.25, -0.2) is 0 Å². The number of hydrogen-bond donors (Lipinski definition) is 1. The van der Waals surface area contributed by atoms with Crippen molar-refractivity contribution in [3.05, 3.63) is 46.0 Å². The summed E-state index contributed by atoms with van der Waals surface area (Å²) in [6, 6.07) is 7.26. The number of furan rings is 1. The van der Waals surface area contributed by atoms with E-state index in [4.69, 9.17) is 4.42 Å². The Morgan fingerprint density at radius 3 is 3.00 bits per heavy atom. The molecule has 3 rings (SSSR count). The molecule has 1 aliphatic rings. The molecule has 1 aliphatic carbocycles. The minimum Gasteiger partial charge on any atom is -0.468 e. The Bertz CT molecular complexity index is 502. The van der Waals surface area contributed by atoms with Gasteiger partial charge in [0.15, 0.2) is 0 Å². The first-order valence-corrected chi connectivity index (χ1v) is 7.70. The second kappa shape index (κ2) is 5.90. The van der Waals surface area contributed by atoms with Crippen LogP contribution in [0.15, 0.2) is 34.3 Å². The fourth-order valence-corrected chi connectivity index (χ4v) is 3.09.